The lowest BCUT2D eigenvalue weighted by molar-refractivity contribution is -0.214. The van der Waals surface area contributed by atoms with Gasteiger partial charge in [-0.2, -0.15) is 13.2 Å². The van der Waals surface area contributed by atoms with Gasteiger partial charge in [0, 0.05) is 16.5 Å². The molecular formula is C13H13F3INO. The standard InChI is InChI=1S/C13H13F3INO/c14-13(15,16)12(5-6-18-8-12)11(19)7-9-1-3-10(17)4-2-9/h1-4,18H,5-8H2. The summed E-state index contributed by atoms with van der Waals surface area (Å²) >= 11 is 2.11. The molecule has 0 aliphatic carbocycles. The van der Waals surface area contributed by atoms with Crippen LogP contribution in [0.3, 0.4) is 0 Å². The number of halogens is 4. The SMILES string of the molecule is O=C(Cc1ccc(I)cc1)C1(C(F)(F)F)CCNC1. The van der Waals surface area contributed by atoms with E-state index in [0.29, 0.717) is 5.56 Å². The predicted molar refractivity (Wildman–Crippen MR) is 73.8 cm³/mol. The monoisotopic (exact) mass is 383 g/mol. The van der Waals surface area contributed by atoms with E-state index < -0.39 is 17.4 Å². The molecule has 104 valence electrons. The summed E-state index contributed by atoms with van der Waals surface area (Å²) in [4.78, 5) is 12.1. The van der Waals surface area contributed by atoms with Crippen molar-refractivity contribution in [2.75, 3.05) is 13.1 Å². The average molecular weight is 383 g/mol. The minimum Gasteiger partial charge on any atom is -0.315 e. The maximum atomic E-state index is 13.2. The Labute approximate surface area is 122 Å². The lowest BCUT2D eigenvalue weighted by Gasteiger charge is -2.29. The number of hydrogen-bond acceptors (Lipinski definition) is 2. The molecule has 1 unspecified atom stereocenters. The zero-order chi connectivity index (χ0) is 14.1. The highest BCUT2D eigenvalue weighted by atomic mass is 127. The summed E-state index contributed by atoms with van der Waals surface area (Å²) in [7, 11) is 0. The number of carbonyl (C=O) groups is 1. The molecule has 1 aliphatic heterocycles. The largest absolute Gasteiger partial charge is 0.402 e. The van der Waals surface area contributed by atoms with Gasteiger partial charge in [-0.15, -0.1) is 0 Å². The third-order valence-electron chi connectivity index (χ3n) is 3.51. The number of ketones is 1. The molecule has 0 aromatic heterocycles. The molecule has 1 aliphatic rings. The Morgan fingerprint density at radius 3 is 2.42 bits per heavy atom. The topological polar surface area (TPSA) is 29.1 Å². The fourth-order valence-electron chi connectivity index (χ4n) is 2.29. The Balaban J connectivity index is 2.19. The number of rotatable bonds is 3. The van der Waals surface area contributed by atoms with Gasteiger partial charge in [0.05, 0.1) is 0 Å². The zero-order valence-corrected chi connectivity index (χ0v) is 12.2. The zero-order valence-electron chi connectivity index (χ0n) is 10.1. The Kier molecular flexibility index (Phi) is 4.20. The number of hydrogen-bond donors (Lipinski definition) is 1. The molecule has 0 saturated carbocycles. The van der Waals surface area contributed by atoms with E-state index in [0.717, 1.165) is 3.57 Å². The minimum absolute atomic E-state index is 0.167. The second-order valence-corrected chi connectivity index (χ2v) is 5.98. The van der Waals surface area contributed by atoms with E-state index in [1.165, 1.54) is 0 Å². The molecule has 0 spiro atoms. The third kappa shape index (κ3) is 2.94. The molecule has 1 N–H and O–H groups in total. The highest BCUT2D eigenvalue weighted by Crippen LogP contribution is 2.44. The number of nitrogens with one attached hydrogen (secondary N) is 1. The summed E-state index contributed by atoms with van der Waals surface area (Å²) in [5, 5.41) is 2.65. The van der Waals surface area contributed by atoms with Gasteiger partial charge in [-0.1, -0.05) is 12.1 Å². The molecule has 0 bridgehead atoms. The van der Waals surface area contributed by atoms with Gasteiger partial charge in [-0.25, -0.2) is 0 Å². The van der Waals surface area contributed by atoms with Gasteiger partial charge in [0.15, 0.2) is 5.78 Å². The van der Waals surface area contributed by atoms with Gasteiger partial charge < -0.3 is 5.32 Å². The summed E-state index contributed by atoms with van der Waals surface area (Å²) in [6.45, 7) is -0.0718. The molecule has 0 radical (unpaired) electrons. The molecule has 1 fully saturated rings. The fraction of sp³-hybridized carbons (Fsp3) is 0.462. The number of alkyl halides is 3. The van der Waals surface area contributed by atoms with E-state index in [4.69, 9.17) is 0 Å². The summed E-state index contributed by atoms with van der Waals surface area (Å²) in [5.41, 5.74) is -1.59. The smallest absolute Gasteiger partial charge is 0.315 e. The average Bonchev–Trinajstić information content (AvgIpc) is 2.82. The van der Waals surface area contributed by atoms with Gasteiger partial charge in [0.1, 0.15) is 5.41 Å². The molecular weight excluding hydrogens is 370 g/mol. The van der Waals surface area contributed by atoms with Gasteiger partial charge in [-0.3, -0.25) is 4.79 Å². The molecule has 1 heterocycles. The van der Waals surface area contributed by atoms with Crippen molar-refractivity contribution in [1.82, 2.24) is 5.32 Å². The van der Waals surface area contributed by atoms with Crippen molar-refractivity contribution in [1.29, 1.82) is 0 Å². The Bertz CT molecular complexity index is 464. The van der Waals surface area contributed by atoms with Crippen LogP contribution in [-0.2, 0) is 11.2 Å². The lowest BCUT2D eigenvalue weighted by atomic mass is 9.79. The van der Waals surface area contributed by atoms with Crippen LogP contribution in [0.15, 0.2) is 24.3 Å². The summed E-state index contributed by atoms with van der Waals surface area (Å²) in [6.07, 6.45) is -4.82. The molecule has 2 rings (SSSR count). The number of carbonyl (C=O) groups excluding carboxylic acids is 1. The molecule has 0 amide bonds. The van der Waals surface area contributed by atoms with Crippen LogP contribution in [0.25, 0.3) is 0 Å². The van der Waals surface area contributed by atoms with Crippen molar-refractivity contribution < 1.29 is 18.0 Å². The maximum Gasteiger partial charge on any atom is 0.402 e. The van der Waals surface area contributed by atoms with Crippen LogP contribution in [0.1, 0.15) is 12.0 Å². The van der Waals surface area contributed by atoms with Crippen molar-refractivity contribution in [2.45, 2.75) is 19.0 Å². The molecule has 1 aromatic rings. The summed E-state index contributed by atoms with van der Waals surface area (Å²) < 4.78 is 40.5. The van der Waals surface area contributed by atoms with Crippen molar-refractivity contribution in [2.24, 2.45) is 5.41 Å². The first kappa shape index (κ1) is 14.8. The van der Waals surface area contributed by atoms with Crippen molar-refractivity contribution in [3.8, 4) is 0 Å². The Morgan fingerprint density at radius 1 is 1.32 bits per heavy atom. The van der Waals surface area contributed by atoms with Crippen molar-refractivity contribution >= 4 is 28.4 Å². The summed E-state index contributed by atoms with van der Waals surface area (Å²) in [6, 6.07) is 6.98. The van der Waals surface area contributed by atoms with Crippen LogP contribution in [0, 0.1) is 8.99 Å². The minimum atomic E-state index is -4.49. The highest BCUT2D eigenvalue weighted by Gasteiger charge is 2.60. The van der Waals surface area contributed by atoms with E-state index >= 15 is 0 Å². The quantitative estimate of drug-likeness (QED) is 0.814. The van der Waals surface area contributed by atoms with Crippen LogP contribution in [0.5, 0.6) is 0 Å². The molecule has 2 nitrogen and oxygen atoms in total. The van der Waals surface area contributed by atoms with E-state index in [-0.39, 0.29) is 25.9 Å². The first-order valence-corrected chi connectivity index (χ1v) is 6.98. The second kappa shape index (κ2) is 5.40. The van der Waals surface area contributed by atoms with Crippen LogP contribution in [-0.4, -0.2) is 25.0 Å². The number of Topliss-reactive ketones (excluding diaryl/α,β-unsaturated/α-hetero) is 1. The van der Waals surface area contributed by atoms with E-state index in [1.807, 2.05) is 0 Å². The van der Waals surface area contributed by atoms with E-state index in [9.17, 15) is 18.0 Å². The molecule has 1 atom stereocenters. The van der Waals surface area contributed by atoms with Gasteiger partial charge >= 0.3 is 6.18 Å². The van der Waals surface area contributed by atoms with Gasteiger partial charge in [-0.05, 0) is 53.3 Å². The van der Waals surface area contributed by atoms with E-state index in [1.54, 1.807) is 24.3 Å². The van der Waals surface area contributed by atoms with Crippen molar-refractivity contribution in [3.05, 3.63) is 33.4 Å². The van der Waals surface area contributed by atoms with Crippen LogP contribution in [0.4, 0.5) is 13.2 Å². The van der Waals surface area contributed by atoms with E-state index in [2.05, 4.69) is 27.9 Å². The molecule has 1 saturated heterocycles. The first-order chi connectivity index (χ1) is 8.85. The normalized spacial score (nSPS) is 23.6. The summed E-state index contributed by atoms with van der Waals surface area (Å²) in [5.74, 6) is -0.744. The lowest BCUT2D eigenvalue weighted by Crippen LogP contribution is -2.47. The highest BCUT2D eigenvalue weighted by molar-refractivity contribution is 14.1. The molecule has 19 heavy (non-hydrogen) atoms. The Hall–Kier alpha value is -0.630. The van der Waals surface area contributed by atoms with Crippen LogP contribution >= 0.6 is 22.6 Å². The Morgan fingerprint density at radius 2 is 1.95 bits per heavy atom. The predicted octanol–water partition coefficient (Wildman–Crippen LogP) is 2.94. The van der Waals surface area contributed by atoms with Gasteiger partial charge in [0.2, 0.25) is 0 Å². The second-order valence-electron chi connectivity index (χ2n) is 4.73. The van der Waals surface area contributed by atoms with Crippen LogP contribution < -0.4 is 5.32 Å². The van der Waals surface area contributed by atoms with Crippen LogP contribution in [0.2, 0.25) is 0 Å². The number of benzene rings is 1. The fourth-order valence-corrected chi connectivity index (χ4v) is 2.65. The first-order valence-electron chi connectivity index (χ1n) is 5.90. The van der Waals surface area contributed by atoms with Crippen molar-refractivity contribution in [3.63, 3.8) is 0 Å². The van der Waals surface area contributed by atoms with Gasteiger partial charge in [0.25, 0.3) is 0 Å². The maximum absolute atomic E-state index is 13.2. The third-order valence-corrected chi connectivity index (χ3v) is 4.23. The molecule has 1 aromatic carbocycles. The molecule has 6 heteroatoms.